The van der Waals surface area contributed by atoms with Gasteiger partial charge in [0.2, 0.25) is 0 Å². The van der Waals surface area contributed by atoms with Crippen molar-refractivity contribution >= 4 is 11.6 Å². The van der Waals surface area contributed by atoms with Gasteiger partial charge in [0.1, 0.15) is 18.0 Å². The van der Waals surface area contributed by atoms with Crippen molar-refractivity contribution in [2.75, 3.05) is 19.7 Å². The second kappa shape index (κ2) is 6.98. The molecular formula is C14H22ClNO2. The van der Waals surface area contributed by atoms with E-state index in [0.717, 1.165) is 24.3 Å². The van der Waals surface area contributed by atoms with Gasteiger partial charge in [-0.2, -0.15) is 0 Å². The van der Waals surface area contributed by atoms with E-state index in [-0.39, 0.29) is 6.61 Å². The summed E-state index contributed by atoms with van der Waals surface area (Å²) in [5.41, 5.74) is 0.126. The number of nitrogens with one attached hydrogen (secondary N) is 1. The smallest absolute Gasteiger partial charge is 0.123 e. The summed E-state index contributed by atoms with van der Waals surface area (Å²) >= 11 is 5.91. The number of benzene rings is 1. The summed E-state index contributed by atoms with van der Waals surface area (Å²) in [5.74, 6) is 0.721. The van der Waals surface area contributed by atoms with Crippen molar-refractivity contribution in [3.63, 3.8) is 0 Å². The van der Waals surface area contributed by atoms with E-state index >= 15 is 0 Å². The lowest BCUT2D eigenvalue weighted by Gasteiger charge is -2.24. The van der Waals surface area contributed by atoms with Crippen LogP contribution in [0.5, 0.6) is 5.75 Å². The number of rotatable bonds is 7. The molecular weight excluding hydrogens is 250 g/mol. The predicted molar refractivity (Wildman–Crippen MR) is 75.5 cm³/mol. The van der Waals surface area contributed by atoms with Gasteiger partial charge in [0.05, 0.1) is 0 Å². The van der Waals surface area contributed by atoms with Crippen LogP contribution in [0.4, 0.5) is 0 Å². The Morgan fingerprint density at radius 1 is 1.44 bits per heavy atom. The Labute approximate surface area is 114 Å². The maximum absolute atomic E-state index is 10.1. The molecule has 1 aromatic rings. The van der Waals surface area contributed by atoms with Crippen LogP contribution in [0, 0.1) is 6.92 Å². The molecule has 0 saturated heterocycles. The van der Waals surface area contributed by atoms with E-state index in [0.29, 0.717) is 11.6 Å². The van der Waals surface area contributed by atoms with Crippen LogP contribution < -0.4 is 10.1 Å². The summed E-state index contributed by atoms with van der Waals surface area (Å²) in [7, 11) is 0. The Balaban J connectivity index is 2.50. The highest BCUT2D eigenvalue weighted by molar-refractivity contribution is 6.30. The fraction of sp³-hybridized carbons (Fsp3) is 0.571. The molecule has 0 saturated carbocycles. The highest BCUT2D eigenvalue weighted by atomic mass is 35.5. The normalized spacial score (nSPS) is 14.3. The SMILES string of the molecule is CCCNCC(C)(O)COc1cc(Cl)ccc1C. The van der Waals surface area contributed by atoms with E-state index in [1.807, 2.05) is 19.1 Å². The molecule has 1 rings (SSSR count). The van der Waals surface area contributed by atoms with E-state index in [9.17, 15) is 5.11 Å². The minimum atomic E-state index is -0.885. The van der Waals surface area contributed by atoms with Gasteiger partial charge in [0.25, 0.3) is 0 Å². The molecule has 1 aromatic carbocycles. The summed E-state index contributed by atoms with van der Waals surface area (Å²) in [5, 5.41) is 14.0. The van der Waals surface area contributed by atoms with Crippen molar-refractivity contribution in [2.45, 2.75) is 32.8 Å². The number of hydrogen-bond donors (Lipinski definition) is 2. The first kappa shape index (κ1) is 15.3. The third-order valence-electron chi connectivity index (χ3n) is 2.62. The van der Waals surface area contributed by atoms with E-state index in [1.165, 1.54) is 0 Å². The fourth-order valence-corrected chi connectivity index (χ4v) is 1.71. The van der Waals surface area contributed by atoms with Crippen LogP contribution in [0.15, 0.2) is 18.2 Å². The molecule has 3 nitrogen and oxygen atoms in total. The van der Waals surface area contributed by atoms with Crippen LogP contribution in [0.3, 0.4) is 0 Å². The van der Waals surface area contributed by atoms with Gasteiger partial charge >= 0.3 is 0 Å². The van der Waals surface area contributed by atoms with E-state index < -0.39 is 5.60 Å². The Bertz CT molecular complexity index is 380. The Morgan fingerprint density at radius 3 is 2.83 bits per heavy atom. The molecule has 0 heterocycles. The van der Waals surface area contributed by atoms with Crippen molar-refractivity contribution in [3.8, 4) is 5.75 Å². The van der Waals surface area contributed by atoms with Crippen LogP contribution in [0.2, 0.25) is 5.02 Å². The van der Waals surface area contributed by atoms with Gasteiger partial charge in [0.15, 0.2) is 0 Å². The maximum atomic E-state index is 10.1. The minimum absolute atomic E-state index is 0.241. The maximum Gasteiger partial charge on any atom is 0.123 e. The van der Waals surface area contributed by atoms with Gasteiger partial charge in [0, 0.05) is 11.6 Å². The van der Waals surface area contributed by atoms with E-state index in [1.54, 1.807) is 13.0 Å². The zero-order valence-corrected chi connectivity index (χ0v) is 12.0. The lowest BCUT2D eigenvalue weighted by Crippen LogP contribution is -2.43. The predicted octanol–water partition coefficient (Wildman–Crippen LogP) is 2.78. The molecule has 0 aliphatic carbocycles. The first-order valence-corrected chi connectivity index (χ1v) is 6.64. The summed E-state index contributed by atoms with van der Waals surface area (Å²) in [6.07, 6.45) is 1.05. The highest BCUT2D eigenvalue weighted by Crippen LogP contribution is 2.23. The van der Waals surface area contributed by atoms with Crippen molar-refractivity contribution in [1.82, 2.24) is 5.32 Å². The van der Waals surface area contributed by atoms with E-state index in [2.05, 4.69) is 12.2 Å². The second-order valence-electron chi connectivity index (χ2n) is 4.87. The van der Waals surface area contributed by atoms with Gasteiger partial charge in [-0.15, -0.1) is 0 Å². The molecule has 1 unspecified atom stereocenters. The average molecular weight is 272 g/mol. The molecule has 0 aromatic heterocycles. The fourth-order valence-electron chi connectivity index (χ4n) is 1.55. The molecule has 18 heavy (non-hydrogen) atoms. The van der Waals surface area contributed by atoms with Crippen LogP contribution in [0.1, 0.15) is 25.8 Å². The van der Waals surface area contributed by atoms with Gasteiger partial charge in [-0.3, -0.25) is 0 Å². The average Bonchev–Trinajstić information content (AvgIpc) is 2.31. The molecule has 0 radical (unpaired) electrons. The zero-order valence-electron chi connectivity index (χ0n) is 11.3. The number of aliphatic hydroxyl groups is 1. The summed E-state index contributed by atoms with van der Waals surface area (Å²) in [4.78, 5) is 0. The lowest BCUT2D eigenvalue weighted by atomic mass is 10.1. The van der Waals surface area contributed by atoms with Crippen LogP contribution >= 0.6 is 11.6 Å². The lowest BCUT2D eigenvalue weighted by molar-refractivity contribution is 0.0123. The zero-order chi connectivity index (χ0) is 13.6. The van der Waals surface area contributed by atoms with Crippen molar-refractivity contribution in [3.05, 3.63) is 28.8 Å². The molecule has 0 spiro atoms. The number of hydrogen-bond acceptors (Lipinski definition) is 3. The molecule has 0 aliphatic rings. The number of ether oxygens (including phenoxy) is 1. The molecule has 1 atom stereocenters. The number of halogens is 1. The van der Waals surface area contributed by atoms with Crippen molar-refractivity contribution in [1.29, 1.82) is 0 Å². The third-order valence-corrected chi connectivity index (χ3v) is 2.86. The van der Waals surface area contributed by atoms with Gasteiger partial charge < -0.3 is 15.2 Å². The summed E-state index contributed by atoms with van der Waals surface area (Å²) in [6.45, 7) is 7.45. The van der Waals surface area contributed by atoms with Crippen LogP contribution in [0.25, 0.3) is 0 Å². The minimum Gasteiger partial charge on any atom is -0.490 e. The molecule has 4 heteroatoms. The molecule has 0 amide bonds. The number of aryl methyl sites for hydroxylation is 1. The molecule has 2 N–H and O–H groups in total. The van der Waals surface area contributed by atoms with Gasteiger partial charge in [-0.1, -0.05) is 24.6 Å². The largest absolute Gasteiger partial charge is 0.490 e. The Kier molecular flexibility index (Phi) is 5.93. The van der Waals surface area contributed by atoms with Crippen LogP contribution in [-0.4, -0.2) is 30.4 Å². The standard InChI is InChI=1S/C14H22ClNO2/c1-4-7-16-9-14(3,17)10-18-13-8-12(15)6-5-11(13)2/h5-6,8,16-17H,4,7,9-10H2,1-3H3. The van der Waals surface area contributed by atoms with Gasteiger partial charge in [-0.25, -0.2) is 0 Å². The topological polar surface area (TPSA) is 41.5 Å². The highest BCUT2D eigenvalue weighted by Gasteiger charge is 2.21. The van der Waals surface area contributed by atoms with Gasteiger partial charge in [-0.05, 0) is 44.5 Å². The third kappa shape index (κ3) is 5.25. The molecule has 0 fully saturated rings. The van der Waals surface area contributed by atoms with Crippen molar-refractivity contribution < 1.29 is 9.84 Å². The summed E-state index contributed by atoms with van der Waals surface area (Å²) < 4.78 is 5.64. The first-order valence-electron chi connectivity index (χ1n) is 6.26. The monoisotopic (exact) mass is 271 g/mol. The quantitative estimate of drug-likeness (QED) is 0.750. The first-order chi connectivity index (χ1) is 8.44. The second-order valence-corrected chi connectivity index (χ2v) is 5.31. The Hall–Kier alpha value is -0.770. The van der Waals surface area contributed by atoms with Crippen LogP contribution in [-0.2, 0) is 0 Å². The van der Waals surface area contributed by atoms with Crippen molar-refractivity contribution in [2.24, 2.45) is 0 Å². The molecule has 0 aliphatic heterocycles. The summed E-state index contributed by atoms with van der Waals surface area (Å²) in [6, 6.07) is 5.50. The Morgan fingerprint density at radius 2 is 2.17 bits per heavy atom. The molecule has 0 bridgehead atoms. The molecule has 102 valence electrons. The van der Waals surface area contributed by atoms with E-state index in [4.69, 9.17) is 16.3 Å².